The molecule has 0 unspecified atom stereocenters. The Hall–Kier alpha value is -2.11. The van der Waals surface area contributed by atoms with E-state index in [9.17, 15) is 14.4 Å². The lowest BCUT2D eigenvalue weighted by molar-refractivity contribution is 0.193. The lowest BCUT2D eigenvalue weighted by atomic mass is 9.81. The summed E-state index contributed by atoms with van der Waals surface area (Å²) in [7, 11) is 0. The van der Waals surface area contributed by atoms with Crippen molar-refractivity contribution in [3.8, 4) is 0 Å². The smallest absolute Gasteiger partial charge is 0.247 e. The van der Waals surface area contributed by atoms with Crippen LogP contribution in [0.3, 0.4) is 0 Å². The van der Waals surface area contributed by atoms with E-state index < -0.39 is 22.6 Å². The van der Waals surface area contributed by atoms with Gasteiger partial charge in [-0.05, 0) is 25.7 Å². The molecule has 6 nitrogen and oxygen atoms in total. The molecule has 0 radical (unpaired) electrons. The number of allylic oxidation sites excluding steroid dienone is 2. The first kappa shape index (κ1) is 18.9. The van der Waals surface area contributed by atoms with Gasteiger partial charge >= 0.3 is 17.1 Å². The molecule has 0 aliphatic rings. The molecule has 0 saturated heterocycles. The summed E-state index contributed by atoms with van der Waals surface area (Å²) in [5.41, 5.74) is -2.66. The summed E-state index contributed by atoms with van der Waals surface area (Å²) in [5.74, 6) is 0. The Balaban J connectivity index is 3.82. The topological polar surface area (TPSA) is 66.0 Å². The van der Waals surface area contributed by atoms with Gasteiger partial charge in [0.2, 0.25) is 0 Å². The van der Waals surface area contributed by atoms with Crippen molar-refractivity contribution in [2.75, 3.05) is 0 Å². The second kappa shape index (κ2) is 6.56. The molecule has 6 heteroatoms. The molecule has 23 heavy (non-hydrogen) atoms. The van der Waals surface area contributed by atoms with Crippen LogP contribution >= 0.6 is 0 Å². The van der Waals surface area contributed by atoms with E-state index in [-0.39, 0.29) is 18.5 Å². The van der Waals surface area contributed by atoms with E-state index in [0.29, 0.717) is 6.42 Å². The Morgan fingerprint density at radius 3 is 1.52 bits per heavy atom. The van der Waals surface area contributed by atoms with E-state index in [4.69, 9.17) is 0 Å². The highest BCUT2D eigenvalue weighted by Gasteiger charge is 2.32. The monoisotopic (exact) mass is 321 g/mol. The molecule has 0 spiro atoms. The minimum Gasteiger partial charge on any atom is -0.247 e. The van der Waals surface area contributed by atoms with Crippen LogP contribution in [0.15, 0.2) is 39.7 Å². The molecule has 0 N–H and O–H groups in total. The van der Waals surface area contributed by atoms with Crippen molar-refractivity contribution in [3.63, 3.8) is 0 Å². The predicted octanol–water partition coefficient (Wildman–Crippen LogP) is 1.71. The SMILES string of the molecule is C=CCn1c(=O)n(CC=C)c(=O)n(C(C)(C)CC(C)(C)C)c1=O. The van der Waals surface area contributed by atoms with Crippen molar-refractivity contribution in [1.29, 1.82) is 0 Å². The third kappa shape index (κ3) is 4.00. The minimum absolute atomic E-state index is 0.0562. The van der Waals surface area contributed by atoms with E-state index >= 15 is 0 Å². The fraction of sp³-hybridized carbons (Fsp3) is 0.588. The predicted molar refractivity (Wildman–Crippen MR) is 93.0 cm³/mol. The average Bonchev–Trinajstić information content (AvgIpc) is 2.36. The van der Waals surface area contributed by atoms with E-state index in [1.807, 2.05) is 34.6 Å². The third-order valence-corrected chi connectivity index (χ3v) is 3.50. The molecule has 0 bridgehead atoms. The molecule has 0 saturated carbocycles. The zero-order chi connectivity index (χ0) is 18.0. The van der Waals surface area contributed by atoms with E-state index in [0.717, 1.165) is 9.13 Å². The van der Waals surface area contributed by atoms with Crippen LogP contribution in [-0.2, 0) is 18.6 Å². The zero-order valence-electron chi connectivity index (χ0n) is 14.8. The van der Waals surface area contributed by atoms with Gasteiger partial charge in [-0.25, -0.2) is 28.1 Å². The van der Waals surface area contributed by atoms with E-state index in [1.54, 1.807) is 0 Å². The second-order valence-electron chi connectivity index (χ2n) is 7.53. The normalized spacial score (nSPS) is 12.2. The maximum Gasteiger partial charge on any atom is 0.337 e. The van der Waals surface area contributed by atoms with Crippen LogP contribution in [0, 0.1) is 5.41 Å². The summed E-state index contributed by atoms with van der Waals surface area (Å²) in [4.78, 5) is 37.8. The zero-order valence-corrected chi connectivity index (χ0v) is 14.8. The Kier molecular flexibility index (Phi) is 5.40. The van der Waals surface area contributed by atoms with Gasteiger partial charge in [0.15, 0.2) is 0 Å². The van der Waals surface area contributed by atoms with E-state index in [1.165, 1.54) is 16.7 Å². The number of aromatic nitrogens is 3. The van der Waals surface area contributed by atoms with E-state index in [2.05, 4.69) is 13.2 Å². The van der Waals surface area contributed by atoms with Crippen molar-refractivity contribution in [1.82, 2.24) is 13.7 Å². The summed E-state index contributed by atoms with van der Waals surface area (Å²) in [6.07, 6.45) is 3.54. The molecule has 0 aliphatic carbocycles. The molecule has 0 fully saturated rings. The van der Waals surface area contributed by atoms with Crippen LogP contribution in [0.2, 0.25) is 0 Å². The van der Waals surface area contributed by atoms with Crippen LogP contribution in [-0.4, -0.2) is 13.7 Å². The maximum atomic E-state index is 12.7. The molecule has 1 aromatic rings. The highest BCUT2D eigenvalue weighted by Crippen LogP contribution is 2.30. The van der Waals surface area contributed by atoms with Gasteiger partial charge in [-0.3, -0.25) is 0 Å². The molecule has 0 aliphatic heterocycles. The third-order valence-electron chi connectivity index (χ3n) is 3.50. The summed E-state index contributed by atoms with van der Waals surface area (Å²) in [5, 5.41) is 0. The van der Waals surface area contributed by atoms with Gasteiger partial charge in [-0.15, -0.1) is 13.2 Å². The number of nitrogens with zero attached hydrogens (tertiary/aromatic N) is 3. The Morgan fingerprint density at radius 1 is 0.826 bits per heavy atom. The maximum absolute atomic E-state index is 12.7. The average molecular weight is 321 g/mol. The standard InChI is InChI=1S/C17H27N3O3/c1-8-10-18-13(21)19(11-9-2)15(23)20(14(18)22)17(6,7)12-16(3,4)5/h8-9H,1-2,10-12H2,3-7H3. The van der Waals surface area contributed by atoms with Gasteiger partial charge in [0.05, 0.1) is 13.1 Å². The summed E-state index contributed by atoms with van der Waals surface area (Å²) < 4.78 is 3.23. The van der Waals surface area contributed by atoms with Gasteiger partial charge in [0.25, 0.3) is 0 Å². The number of hydrogen-bond donors (Lipinski definition) is 0. The lowest BCUT2D eigenvalue weighted by Crippen LogP contribution is -2.59. The fourth-order valence-electron chi connectivity index (χ4n) is 3.10. The quantitative estimate of drug-likeness (QED) is 0.749. The molecular weight excluding hydrogens is 294 g/mol. The largest absolute Gasteiger partial charge is 0.337 e. The van der Waals surface area contributed by atoms with Crippen molar-refractivity contribution in [2.24, 2.45) is 5.41 Å². The minimum atomic E-state index is -0.730. The molecule has 0 atom stereocenters. The Labute approximate surface area is 136 Å². The van der Waals surface area contributed by atoms with Gasteiger partial charge in [-0.1, -0.05) is 32.9 Å². The highest BCUT2D eigenvalue weighted by molar-refractivity contribution is 4.91. The van der Waals surface area contributed by atoms with Crippen LogP contribution in [0.25, 0.3) is 0 Å². The van der Waals surface area contributed by atoms with Crippen LogP contribution < -0.4 is 17.1 Å². The molecule has 1 aromatic heterocycles. The molecule has 128 valence electrons. The van der Waals surface area contributed by atoms with Crippen LogP contribution in [0.4, 0.5) is 0 Å². The van der Waals surface area contributed by atoms with Crippen molar-refractivity contribution >= 4 is 0 Å². The Bertz CT molecular complexity index is 722. The summed E-state index contributed by atoms with van der Waals surface area (Å²) in [6.45, 7) is 17.1. The molecular formula is C17H27N3O3. The van der Waals surface area contributed by atoms with Crippen molar-refractivity contribution in [3.05, 3.63) is 56.8 Å². The van der Waals surface area contributed by atoms with Gasteiger partial charge < -0.3 is 0 Å². The second-order valence-corrected chi connectivity index (χ2v) is 7.53. The molecule has 1 rings (SSSR count). The highest BCUT2D eigenvalue weighted by atomic mass is 16.2. The summed E-state index contributed by atoms with van der Waals surface area (Å²) in [6, 6.07) is 0. The lowest BCUT2D eigenvalue weighted by Gasteiger charge is -2.33. The van der Waals surface area contributed by atoms with Gasteiger partial charge in [-0.2, -0.15) is 0 Å². The number of rotatable bonds is 6. The van der Waals surface area contributed by atoms with Crippen molar-refractivity contribution < 1.29 is 0 Å². The first-order valence-corrected chi connectivity index (χ1v) is 7.65. The molecule has 0 aromatic carbocycles. The van der Waals surface area contributed by atoms with Crippen LogP contribution in [0.5, 0.6) is 0 Å². The summed E-state index contributed by atoms with van der Waals surface area (Å²) >= 11 is 0. The molecule has 0 amide bonds. The van der Waals surface area contributed by atoms with Gasteiger partial charge in [0, 0.05) is 5.54 Å². The number of hydrogen-bond acceptors (Lipinski definition) is 3. The first-order valence-electron chi connectivity index (χ1n) is 7.65. The molecule has 1 heterocycles. The fourth-order valence-corrected chi connectivity index (χ4v) is 3.10. The van der Waals surface area contributed by atoms with Crippen molar-refractivity contribution in [2.45, 2.75) is 59.7 Å². The Morgan fingerprint density at radius 2 is 1.22 bits per heavy atom. The first-order chi connectivity index (χ1) is 10.5. The van der Waals surface area contributed by atoms with Gasteiger partial charge in [0.1, 0.15) is 0 Å². The van der Waals surface area contributed by atoms with Crippen LogP contribution in [0.1, 0.15) is 41.0 Å².